The SMILES string of the molecule is CCCOc1ncnc(NCc2cc(C)c(C)s2)c1N. The number of nitrogens with one attached hydrogen (secondary N) is 1. The Labute approximate surface area is 123 Å². The molecule has 0 spiro atoms. The van der Waals surface area contributed by atoms with E-state index in [0.717, 1.165) is 6.42 Å². The summed E-state index contributed by atoms with van der Waals surface area (Å²) in [5, 5.41) is 3.24. The fourth-order valence-electron chi connectivity index (χ4n) is 1.74. The number of aryl methyl sites for hydroxylation is 2. The summed E-state index contributed by atoms with van der Waals surface area (Å²) < 4.78 is 5.49. The molecule has 0 unspecified atom stereocenters. The van der Waals surface area contributed by atoms with Crippen LogP contribution < -0.4 is 15.8 Å². The minimum Gasteiger partial charge on any atom is -0.476 e. The van der Waals surface area contributed by atoms with Gasteiger partial charge in [0, 0.05) is 9.75 Å². The maximum absolute atomic E-state index is 6.01. The molecule has 0 aliphatic heterocycles. The Morgan fingerprint density at radius 1 is 1.35 bits per heavy atom. The minimum atomic E-state index is 0.447. The van der Waals surface area contributed by atoms with Gasteiger partial charge >= 0.3 is 0 Å². The van der Waals surface area contributed by atoms with E-state index >= 15 is 0 Å². The Bertz CT molecular complexity index is 563. The molecule has 5 nitrogen and oxygen atoms in total. The van der Waals surface area contributed by atoms with Crippen LogP contribution in [-0.2, 0) is 6.54 Å². The van der Waals surface area contributed by atoms with Gasteiger partial charge in [-0.25, -0.2) is 4.98 Å². The molecule has 0 amide bonds. The van der Waals surface area contributed by atoms with E-state index < -0.39 is 0 Å². The van der Waals surface area contributed by atoms with Crippen molar-refractivity contribution >= 4 is 22.8 Å². The third-order valence-electron chi connectivity index (χ3n) is 2.94. The predicted molar refractivity (Wildman–Crippen MR) is 83.4 cm³/mol. The highest BCUT2D eigenvalue weighted by Crippen LogP contribution is 2.26. The Morgan fingerprint density at radius 2 is 2.15 bits per heavy atom. The van der Waals surface area contributed by atoms with Crippen LogP contribution in [0.4, 0.5) is 11.5 Å². The van der Waals surface area contributed by atoms with Gasteiger partial charge in [-0.1, -0.05) is 6.92 Å². The zero-order chi connectivity index (χ0) is 14.5. The number of aromatic nitrogens is 2. The quantitative estimate of drug-likeness (QED) is 0.855. The second kappa shape index (κ2) is 6.56. The van der Waals surface area contributed by atoms with Crippen LogP contribution in [0.5, 0.6) is 5.88 Å². The average Bonchev–Trinajstić information content (AvgIpc) is 2.75. The van der Waals surface area contributed by atoms with Crippen molar-refractivity contribution in [1.82, 2.24) is 9.97 Å². The van der Waals surface area contributed by atoms with Gasteiger partial charge in [0.05, 0.1) is 13.2 Å². The Morgan fingerprint density at radius 3 is 2.80 bits per heavy atom. The number of ether oxygens (including phenoxy) is 1. The van der Waals surface area contributed by atoms with Crippen LogP contribution in [0.1, 0.15) is 28.7 Å². The fraction of sp³-hybridized carbons (Fsp3) is 0.429. The number of anilines is 2. The highest BCUT2D eigenvalue weighted by atomic mass is 32.1. The van der Waals surface area contributed by atoms with E-state index in [1.165, 1.54) is 21.6 Å². The van der Waals surface area contributed by atoms with Crippen molar-refractivity contribution < 1.29 is 4.74 Å². The molecule has 0 fully saturated rings. The molecule has 2 aromatic heterocycles. The van der Waals surface area contributed by atoms with E-state index in [2.05, 4.69) is 35.2 Å². The molecule has 6 heteroatoms. The molecule has 0 atom stereocenters. The number of nitrogens with two attached hydrogens (primary N) is 1. The zero-order valence-corrected chi connectivity index (χ0v) is 12.9. The van der Waals surface area contributed by atoms with Crippen LogP contribution in [0.2, 0.25) is 0 Å². The maximum Gasteiger partial charge on any atom is 0.242 e. The van der Waals surface area contributed by atoms with Crippen LogP contribution in [-0.4, -0.2) is 16.6 Å². The molecule has 20 heavy (non-hydrogen) atoms. The van der Waals surface area contributed by atoms with Gasteiger partial charge in [0.15, 0.2) is 5.82 Å². The Balaban J connectivity index is 2.05. The van der Waals surface area contributed by atoms with Gasteiger partial charge in [0.2, 0.25) is 5.88 Å². The molecule has 0 aliphatic carbocycles. The molecule has 0 bridgehead atoms. The van der Waals surface area contributed by atoms with Gasteiger partial charge < -0.3 is 15.8 Å². The molecule has 0 aromatic carbocycles. The van der Waals surface area contributed by atoms with Gasteiger partial charge in [0.1, 0.15) is 12.0 Å². The summed E-state index contributed by atoms with van der Waals surface area (Å²) in [6, 6.07) is 2.18. The van der Waals surface area contributed by atoms with E-state index in [4.69, 9.17) is 10.5 Å². The van der Waals surface area contributed by atoms with Crippen molar-refractivity contribution in [1.29, 1.82) is 0 Å². The topological polar surface area (TPSA) is 73.1 Å². The van der Waals surface area contributed by atoms with Crippen LogP contribution >= 0.6 is 11.3 Å². The van der Waals surface area contributed by atoms with Gasteiger partial charge in [0.25, 0.3) is 0 Å². The second-order valence-corrected chi connectivity index (χ2v) is 5.94. The highest BCUT2D eigenvalue weighted by Gasteiger charge is 2.09. The summed E-state index contributed by atoms with van der Waals surface area (Å²) in [4.78, 5) is 10.8. The third-order valence-corrected chi connectivity index (χ3v) is 4.09. The molecule has 0 radical (unpaired) electrons. The first-order valence-electron chi connectivity index (χ1n) is 6.64. The van der Waals surface area contributed by atoms with Crippen LogP contribution in [0.25, 0.3) is 0 Å². The third kappa shape index (κ3) is 3.39. The zero-order valence-electron chi connectivity index (χ0n) is 12.1. The summed E-state index contributed by atoms with van der Waals surface area (Å²) in [7, 11) is 0. The summed E-state index contributed by atoms with van der Waals surface area (Å²) in [5.74, 6) is 1.07. The van der Waals surface area contributed by atoms with E-state index in [9.17, 15) is 0 Å². The van der Waals surface area contributed by atoms with Crippen LogP contribution in [0.3, 0.4) is 0 Å². The number of hydrogen-bond donors (Lipinski definition) is 2. The molecule has 108 valence electrons. The van der Waals surface area contributed by atoms with Crippen LogP contribution in [0.15, 0.2) is 12.4 Å². The monoisotopic (exact) mass is 292 g/mol. The normalized spacial score (nSPS) is 10.6. The van der Waals surface area contributed by atoms with E-state index in [0.29, 0.717) is 30.5 Å². The van der Waals surface area contributed by atoms with Crippen molar-refractivity contribution in [2.45, 2.75) is 33.7 Å². The molecule has 2 aromatic rings. The maximum atomic E-state index is 6.01. The van der Waals surface area contributed by atoms with Crippen molar-refractivity contribution in [2.24, 2.45) is 0 Å². The van der Waals surface area contributed by atoms with Crippen molar-refractivity contribution in [3.05, 3.63) is 27.7 Å². The number of hydrogen-bond acceptors (Lipinski definition) is 6. The second-order valence-electron chi connectivity index (χ2n) is 4.60. The van der Waals surface area contributed by atoms with Gasteiger partial charge in [-0.05, 0) is 31.9 Å². The first-order valence-corrected chi connectivity index (χ1v) is 7.46. The fourth-order valence-corrected chi connectivity index (χ4v) is 2.73. The lowest BCUT2D eigenvalue weighted by Gasteiger charge is -2.10. The first kappa shape index (κ1) is 14.6. The molecule has 3 N–H and O–H groups in total. The highest BCUT2D eigenvalue weighted by molar-refractivity contribution is 7.12. The summed E-state index contributed by atoms with van der Waals surface area (Å²) >= 11 is 1.78. The van der Waals surface area contributed by atoms with Gasteiger partial charge in [-0.2, -0.15) is 4.98 Å². The molecule has 0 saturated carbocycles. The average molecular weight is 292 g/mol. The molecule has 0 saturated heterocycles. The van der Waals surface area contributed by atoms with E-state index in [1.54, 1.807) is 11.3 Å². The van der Waals surface area contributed by atoms with Crippen LogP contribution in [0, 0.1) is 13.8 Å². The number of nitrogen functional groups attached to an aromatic ring is 1. The van der Waals surface area contributed by atoms with E-state index in [-0.39, 0.29) is 0 Å². The Kier molecular flexibility index (Phi) is 4.79. The molecule has 2 rings (SSSR count). The lowest BCUT2D eigenvalue weighted by Crippen LogP contribution is -2.07. The van der Waals surface area contributed by atoms with Gasteiger partial charge in [-0.3, -0.25) is 0 Å². The Hall–Kier alpha value is -1.82. The molecular weight excluding hydrogens is 272 g/mol. The largest absolute Gasteiger partial charge is 0.476 e. The molecular formula is C14H20N4OS. The lowest BCUT2D eigenvalue weighted by molar-refractivity contribution is 0.306. The number of rotatable bonds is 6. The number of thiophene rings is 1. The summed E-state index contributed by atoms with van der Waals surface area (Å²) in [5.41, 5.74) is 7.79. The molecule has 2 heterocycles. The predicted octanol–water partition coefficient (Wildman–Crippen LogP) is 3.14. The first-order chi connectivity index (χ1) is 9.61. The van der Waals surface area contributed by atoms with Crippen molar-refractivity contribution in [3.63, 3.8) is 0 Å². The lowest BCUT2D eigenvalue weighted by atomic mass is 10.3. The standard InChI is InChI=1S/C14H20N4OS/c1-4-5-19-14-12(15)13(17-8-18-14)16-7-11-6-9(2)10(3)20-11/h6,8H,4-5,7,15H2,1-3H3,(H,16,17,18). The molecule has 0 aliphatic rings. The minimum absolute atomic E-state index is 0.447. The van der Waals surface area contributed by atoms with Crippen molar-refractivity contribution in [2.75, 3.05) is 17.7 Å². The summed E-state index contributed by atoms with van der Waals surface area (Å²) in [6.07, 6.45) is 2.38. The number of nitrogens with zero attached hydrogens (tertiary/aromatic N) is 2. The van der Waals surface area contributed by atoms with Crippen molar-refractivity contribution in [3.8, 4) is 5.88 Å². The van der Waals surface area contributed by atoms with E-state index in [1.807, 2.05) is 6.92 Å². The van der Waals surface area contributed by atoms with Gasteiger partial charge in [-0.15, -0.1) is 11.3 Å². The smallest absolute Gasteiger partial charge is 0.242 e. The summed E-state index contributed by atoms with van der Waals surface area (Å²) in [6.45, 7) is 7.58.